The van der Waals surface area contributed by atoms with Crippen molar-refractivity contribution in [3.8, 4) is 0 Å². The van der Waals surface area contributed by atoms with E-state index in [1.165, 1.54) is 5.56 Å². The Morgan fingerprint density at radius 3 is 2.32 bits per heavy atom. The predicted octanol–water partition coefficient (Wildman–Crippen LogP) is 2.37. The van der Waals surface area contributed by atoms with Crippen LogP contribution in [0.5, 0.6) is 0 Å². The highest BCUT2D eigenvalue weighted by Gasteiger charge is 2.23. The second kappa shape index (κ2) is 9.56. The zero-order valence-corrected chi connectivity index (χ0v) is 15.8. The number of amides is 2. The van der Waals surface area contributed by atoms with E-state index < -0.39 is 0 Å². The molecule has 2 amide bonds. The van der Waals surface area contributed by atoms with Crippen molar-refractivity contribution in [1.29, 1.82) is 0 Å². The fraction of sp³-hybridized carbons (Fsp3) is 0.600. The molecular formula is C20H31N3O2. The van der Waals surface area contributed by atoms with E-state index in [-0.39, 0.29) is 17.9 Å². The molecule has 0 saturated carbocycles. The van der Waals surface area contributed by atoms with Crippen LogP contribution in [0.1, 0.15) is 39.2 Å². The fourth-order valence-corrected chi connectivity index (χ4v) is 3.28. The van der Waals surface area contributed by atoms with Gasteiger partial charge in [-0.25, -0.2) is 0 Å². The average molecular weight is 345 g/mol. The van der Waals surface area contributed by atoms with E-state index in [2.05, 4.69) is 36.1 Å². The van der Waals surface area contributed by atoms with Crippen LogP contribution in [-0.4, -0.2) is 65.3 Å². The maximum atomic E-state index is 12.5. The van der Waals surface area contributed by atoms with Gasteiger partial charge in [0, 0.05) is 58.7 Å². The standard InChI is InChI=1S/C20H31N3O2/c1-4-17(2)23(18(3)24)11-10-20(25)22-14-12-21(13-15-22)16-19-8-6-5-7-9-19/h5-9,17H,4,10-16H2,1-3H3. The number of hydrogen-bond donors (Lipinski definition) is 0. The van der Waals surface area contributed by atoms with Gasteiger partial charge in [-0.15, -0.1) is 0 Å². The highest BCUT2D eigenvalue weighted by atomic mass is 16.2. The van der Waals surface area contributed by atoms with E-state index in [4.69, 9.17) is 0 Å². The van der Waals surface area contributed by atoms with E-state index in [1.807, 2.05) is 22.8 Å². The van der Waals surface area contributed by atoms with E-state index in [0.717, 1.165) is 39.1 Å². The first-order valence-electron chi connectivity index (χ1n) is 9.32. The molecule has 2 rings (SSSR count). The molecule has 0 N–H and O–H groups in total. The van der Waals surface area contributed by atoms with Gasteiger partial charge in [-0.3, -0.25) is 14.5 Å². The molecule has 1 aliphatic heterocycles. The van der Waals surface area contributed by atoms with Crippen molar-refractivity contribution in [1.82, 2.24) is 14.7 Å². The molecule has 0 radical (unpaired) electrons. The van der Waals surface area contributed by atoms with Gasteiger partial charge in [0.25, 0.3) is 0 Å². The molecule has 1 atom stereocenters. The normalized spacial score (nSPS) is 16.5. The number of nitrogens with zero attached hydrogens (tertiary/aromatic N) is 3. The van der Waals surface area contributed by atoms with Crippen LogP contribution in [-0.2, 0) is 16.1 Å². The molecule has 5 heteroatoms. The van der Waals surface area contributed by atoms with Crippen LogP contribution in [0.4, 0.5) is 0 Å². The summed E-state index contributed by atoms with van der Waals surface area (Å²) in [7, 11) is 0. The molecule has 1 aliphatic rings. The smallest absolute Gasteiger partial charge is 0.224 e. The highest BCUT2D eigenvalue weighted by molar-refractivity contribution is 5.78. The van der Waals surface area contributed by atoms with Crippen LogP contribution in [0.2, 0.25) is 0 Å². The van der Waals surface area contributed by atoms with Crippen LogP contribution in [0, 0.1) is 0 Å². The molecule has 1 saturated heterocycles. The number of carbonyl (C=O) groups is 2. The second-order valence-corrected chi connectivity index (χ2v) is 6.86. The Labute approximate surface area is 151 Å². The van der Waals surface area contributed by atoms with Crippen molar-refractivity contribution in [2.45, 2.75) is 46.2 Å². The predicted molar refractivity (Wildman–Crippen MR) is 100 cm³/mol. The van der Waals surface area contributed by atoms with Crippen LogP contribution >= 0.6 is 0 Å². The lowest BCUT2D eigenvalue weighted by molar-refractivity contribution is -0.135. The van der Waals surface area contributed by atoms with Crippen molar-refractivity contribution >= 4 is 11.8 Å². The number of carbonyl (C=O) groups excluding carboxylic acids is 2. The Morgan fingerprint density at radius 2 is 1.76 bits per heavy atom. The lowest BCUT2D eigenvalue weighted by Gasteiger charge is -2.35. The van der Waals surface area contributed by atoms with Crippen molar-refractivity contribution in [2.75, 3.05) is 32.7 Å². The molecule has 5 nitrogen and oxygen atoms in total. The number of hydrogen-bond acceptors (Lipinski definition) is 3. The minimum absolute atomic E-state index is 0.0508. The number of benzene rings is 1. The summed E-state index contributed by atoms with van der Waals surface area (Å²) >= 11 is 0. The summed E-state index contributed by atoms with van der Waals surface area (Å²) in [6, 6.07) is 10.6. The summed E-state index contributed by atoms with van der Waals surface area (Å²) in [4.78, 5) is 30.4. The van der Waals surface area contributed by atoms with E-state index in [1.54, 1.807) is 6.92 Å². The fourth-order valence-electron chi connectivity index (χ4n) is 3.28. The summed E-state index contributed by atoms with van der Waals surface area (Å²) in [5.41, 5.74) is 1.31. The van der Waals surface area contributed by atoms with Gasteiger partial charge in [0.15, 0.2) is 0 Å². The zero-order chi connectivity index (χ0) is 18.2. The van der Waals surface area contributed by atoms with Gasteiger partial charge in [-0.2, -0.15) is 0 Å². The monoisotopic (exact) mass is 345 g/mol. The van der Waals surface area contributed by atoms with Crippen LogP contribution in [0.3, 0.4) is 0 Å². The van der Waals surface area contributed by atoms with Crippen LogP contribution in [0.15, 0.2) is 30.3 Å². The molecule has 25 heavy (non-hydrogen) atoms. The van der Waals surface area contributed by atoms with E-state index >= 15 is 0 Å². The van der Waals surface area contributed by atoms with Gasteiger partial charge in [-0.1, -0.05) is 37.3 Å². The Bertz CT molecular complexity index is 553. The van der Waals surface area contributed by atoms with Gasteiger partial charge in [-0.05, 0) is 18.9 Å². The number of piperazine rings is 1. The van der Waals surface area contributed by atoms with Crippen molar-refractivity contribution in [3.05, 3.63) is 35.9 Å². The second-order valence-electron chi connectivity index (χ2n) is 6.86. The summed E-state index contributed by atoms with van der Waals surface area (Å²) in [6.45, 7) is 10.5. The number of rotatable bonds is 7. The Morgan fingerprint density at radius 1 is 1.12 bits per heavy atom. The third-order valence-electron chi connectivity index (χ3n) is 5.07. The van der Waals surface area contributed by atoms with Crippen LogP contribution in [0.25, 0.3) is 0 Å². The Balaban J connectivity index is 1.76. The summed E-state index contributed by atoms with van der Waals surface area (Å²) in [6.07, 6.45) is 1.33. The highest BCUT2D eigenvalue weighted by Crippen LogP contribution is 2.11. The minimum Gasteiger partial charge on any atom is -0.340 e. The Hall–Kier alpha value is -1.88. The third kappa shape index (κ3) is 5.85. The molecule has 1 heterocycles. The largest absolute Gasteiger partial charge is 0.340 e. The van der Waals surface area contributed by atoms with Gasteiger partial charge >= 0.3 is 0 Å². The molecule has 1 aromatic rings. The summed E-state index contributed by atoms with van der Waals surface area (Å²) in [5, 5.41) is 0. The molecule has 1 unspecified atom stereocenters. The first-order valence-corrected chi connectivity index (χ1v) is 9.32. The summed E-state index contributed by atoms with van der Waals surface area (Å²) in [5.74, 6) is 0.212. The molecule has 1 aromatic carbocycles. The molecule has 1 fully saturated rings. The van der Waals surface area contributed by atoms with Gasteiger partial charge in [0.05, 0.1) is 0 Å². The zero-order valence-electron chi connectivity index (χ0n) is 15.8. The molecule has 0 aliphatic carbocycles. The molecule has 138 valence electrons. The van der Waals surface area contributed by atoms with Crippen molar-refractivity contribution in [2.24, 2.45) is 0 Å². The molecule has 0 spiro atoms. The third-order valence-corrected chi connectivity index (χ3v) is 5.07. The average Bonchev–Trinajstić information content (AvgIpc) is 2.62. The lowest BCUT2D eigenvalue weighted by Crippen LogP contribution is -2.49. The van der Waals surface area contributed by atoms with Crippen molar-refractivity contribution in [3.63, 3.8) is 0 Å². The maximum Gasteiger partial charge on any atom is 0.224 e. The van der Waals surface area contributed by atoms with Gasteiger partial charge < -0.3 is 9.80 Å². The van der Waals surface area contributed by atoms with Crippen molar-refractivity contribution < 1.29 is 9.59 Å². The summed E-state index contributed by atoms with van der Waals surface area (Å²) < 4.78 is 0. The molecule has 0 bridgehead atoms. The van der Waals surface area contributed by atoms with Crippen LogP contribution < -0.4 is 0 Å². The Kier molecular flexibility index (Phi) is 7.44. The first-order chi connectivity index (χ1) is 12.0. The van der Waals surface area contributed by atoms with E-state index in [9.17, 15) is 9.59 Å². The van der Waals surface area contributed by atoms with Gasteiger partial charge in [0.1, 0.15) is 0 Å². The lowest BCUT2D eigenvalue weighted by atomic mass is 10.2. The first kappa shape index (κ1) is 19.4. The quantitative estimate of drug-likeness (QED) is 0.762. The topological polar surface area (TPSA) is 43.9 Å². The maximum absolute atomic E-state index is 12.5. The molecule has 0 aromatic heterocycles. The minimum atomic E-state index is 0.0508. The van der Waals surface area contributed by atoms with Gasteiger partial charge in [0.2, 0.25) is 11.8 Å². The molecular weight excluding hydrogens is 314 g/mol. The van der Waals surface area contributed by atoms with E-state index in [0.29, 0.717) is 13.0 Å². The SMILES string of the molecule is CCC(C)N(CCC(=O)N1CCN(Cc2ccccc2)CC1)C(C)=O.